The van der Waals surface area contributed by atoms with Gasteiger partial charge in [0.25, 0.3) is 5.69 Å². The van der Waals surface area contributed by atoms with Gasteiger partial charge in [0.1, 0.15) is 6.07 Å². The lowest BCUT2D eigenvalue weighted by Gasteiger charge is -2.03. The van der Waals surface area contributed by atoms with E-state index in [1.165, 1.54) is 6.07 Å². The van der Waals surface area contributed by atoms with Gasteiger partial charge in [0, 0.05) is 16.6 Å². The lowest BCUT2D eigenvalue weighted by atomic mass is 10.0. The molecule has 6 nitrogen and oxygen atoms in total. The van der Waals surface area contributed by atoms with Crippen LogP contribution in [0.25, 0.3) is 0 Å². The number of halogens is 1. The molecule has 0 saturated carbocycles. The average molecular weight is 285 g/mol. The molecule has 0 aliphatic carbocycles. The van der Waals surface area contributed by atoms with Gasteiger partial charge in [-0.05, 0) is 21.5 Å². The number of non-ortho nitro benzene ring substituents is 1. The predicted octanol–water partition coefficient (Wildman–Crippen LogP) is 1.86. The van der Waals surface area contributed by atoms with Crippen LogP contribution in [0.1, 0.15) is 11.1 Å². The predicted molar refractivity (Wildman–Crippen MR) is 56.9 cm³/mol. The van der Waals surface area contributed by atoms with Crippen molar-refractivity contribution in [3.8, 4) is 6.07 Å². The van der Waals surface area contributed by atoms with Crippen LogP contribution in [-0.2, 0) is 11.2 Å². The molecule has 16 heavy (non-hydrogen) atoms. The molecule has 0 heterocycles. The van der Waals surface area contributed by atoms with Gasteiger partial charge >= 0.3 is 5.97 Å². The maximum Gasteiger partial charge on any atom is 0.307 e. The number of carbonyl (C=O) groups is 1. The number of rotatable bonds is 3. The Labute approximate surface area is 98.4 Å². The second-order valence-corrected chi connectivity index (χ2v) is 3.76. The Morgan fingerprint density at radius 2 is 2.25 bits per heavy atom. The quantitative estimate of drug-likeness (QED) is 0.674. The summed E-state index contributed by atoms with van der Waals surface area (Å²) in [5.41, 5.74) is -0.0220. The van der Waals surface area contributed by atoms with Crippen molar-refractivity contribution >= 4 is 27.6 Å². The van der Waals surface area contributed by atoms with Crippen molar-refractivity contribution in [3.63, 3.8) is 0 Å². The van der Waals surface area contributed by atoms with Crippen LogP contribution >= 0.6 is 15.9 Å². The van der Waals surface area contributed by atoms with Crippen LogP contribution in [0.2, 0.25) is 0 Å². The molecule has 82 valence electrons. The van der Waals surface area contributed by atoms with E-state index in [9.17, 15) is 14.9 Å². The fourth-order valence-electron chi connectivity index (χ4n) is 1.18. The summed E-state index contributed by atoms with van der Waals surface area (Å²) in [6, 6.07) is 4.07. The summed E-state index contributed by atoms with van der Waals surface area (Å²) >= 11 is 3.00. The summed E-state index contributed by atoms with van der Waals surface area (Å²) in [7, 11) is 0. The molecule has 1 aromatic rings. The van der Waals surface area contributed by atoms with Crippen molar-refractivity contribution in [1.82, 2.24) is 0 Å². The summed E-state index contributed by atoms with van der Waals surface area (Å²) in [5, 5.41) is 28.0. The molecule has 0 atom stereocenters. The molecule has 0 aromatic heterocycles. The minimum atomic E-state index is -1.15. The molecular weight excluding hydrogens is 280 g/mol. The number of hydrogen-bond donors (Lipinski definition) is 1. The fraction of sp³-hybridized carbons (Fsp3) is 0.111. The molecule has 0 radical (unpaired) electrons. The topological polar surface area (TPSA) is 104 Å². The van der Waals surface area contributed by atoms with Crippen LogP contribution in [-0.4, -0.2) is 16.0 Å². The lowest BCUT2D eigenvalue weighted by Crippen LogP contribution is -2.04. The zero-order chi connectivity index (χ0) is 12.3. The van der Waals surface area contributed by atoms with Gasteiger partial charge in [-0.1, -0.05) is 0 Å². The first-order valence-corrected chi connectivity index (χ1v) is 4.83. The van der Waals surface area contributed by atoms with Crippen molar-refractivity contribution in [1.29, 1.82) is 5.26 Å². The van der Waals surface area contributed by atoms with Crippen molar-refractivity contribution in [2.24, 2.45) is 0 Å². The molecule has 0 saturated heterocycles. The minimum Gasteiger partial charge on any atom is -0.481 e. The highest BCUT2D eigenvalue weighted by atomic mass is 79.9. The van der Waals surface area contributed by atoms with E-state index in [1.54, 1.807) is 6.07 Å². The lowest BCUT2D eigenvalue weighted by molar-refractivity contribution is -0.385. The Hall–Kier alpha value is -1.94. The van der Waals surface area contributed by atoms with E-state index in [4.69, 9.17) is 10.4 Å². The Bertz CT molecular complexity index is 507. The van der Waals surface area contributed by atoms with Crippen molar-refractivity contribution in [3.05, 3.63) is 37.8 Å². The van der Waals surface area contributed by atoms with Crippen molar-refractivity contribution < 1.29 is 14.8 Å². The van der Waals surface area contributed by atoms with Crippen LogP contribution in [0.3, 0.4) is 0 Å². The summed E-state index contributed by atoms with van der Waals surface area (Å²) in [4.78, 5) is 20.4. The Morgan fingerprint density at radius 1 is 1.62 bits per heavy atom. The average Bonchev–Trinajstić information content (AvgIpc) is 2.16. The van der Waals surface area contributed by atoms with Gasteiger partial charge in [-0.25, -0.2) is 0 Å². The number of carboxylic acids is 1. The smallest absolute Gasteiger partial charge is 0.307 e. The van der Waals surface area contributed by atoms with E-state index in [-0.39, 0.29) is 21.3 Å². The van der Waals surface area contributed by atoms with E-state index in [0.29, 0.717) is 0 Å². The van der Waals surface area contributed by atoms with Gasteiger partial charge in [-0.15, -0.1) is 0 Å². The van der Waals surface area contributed by atoms with E-state index >= 15 is 0 Å². The van der Waals surface area contributed by atoms with Gasteiger partial charge in [0.2, 0.25) is 0 Å². The third kappa shape index (κ3) is 2.55. The Morgan fingerprint density at radius 3 is 2.69 bits per heavy atom. The monoisotopic (exact) mass is 284 g/mol. The first-order chi connectivity index (χ1) is 7.45. The molecule has 0 bridgehead atoms. The van der Waals surface area contributed by atoms with E-state index in [2.05, 4.69) is 15.9 Å². The van der Waals surface area contributed by atoms with E-state index in [1.807, 2.05) is 0 Å². The molecule has 0 aliphatic heterocycles. The second-order valence-electron chi connectivity index (χ2n) is 2.90. The van der Waals surface area contributed by atoms with Gasteiger partial charge in [0.15, 0.2) is 0 Å². The van der Waals surface area contributed by atoms with Gasteiger partial charge < -0.3 is 5.11 Å². The van der Waals surface area contributed by atoms with E-state index in [0.717, 1.165) is 6.07 Å². The number of nitro benzene ring substituents is 1. The SMILES string of the molecule is N#Cc1c(Br)cc([N+](=O)[O-])cc1CC(=O)O. The molecule has 0 fully saturated rings. The summed E-state index contributed by atoms with van der Waals surface area (Å²) in [6.45, 7) is 0. The van der Waals surface area contributed by atoms with Gasteiger partial charge in [0.05, 0.1) is 16.9 Å². The minimum absolute atomic E-state index is 0.105. The first kappa shape index (κ1) is 12.1. The third-order valence-electron chi connectivity index (χ3n) is 1.82. The highest BCUT2D eigenvalue weighted by Gasteiger charge is 2.16. The van der Waals surface area contributed by atoms with Crippen molar-refractivity contribution in [2.45, 2.75) is 6.42 Å². The zero-order valence-electron chi connectivity index (χ0n) is 7.81. The molecule has 0 spiro atoms. The zero-order valence-corrected chi connectivity index (χ0v) is 9.39. The van der Waals surface area contributed by atoms with Crippen LogP contribution in [0.4, 0.5) is 5.69 Å². The van der Waals surface area contributed by atoms with Crippen LogP contribution in [0.15, 0.2) is 16.6 Å². The van der Waals surface area contributed by atoms with E-state index < -0.39 is 17.3 Å². The number of carboxylic acid groups (broad SMARTS) is 1. The number of nitrogens with zero attached hydrogens (tertiary/aromatic N) is 2. The van der Waals surface area contributed by atoms with Crippen molar-refractivity contribution in [2.75, 3.05) is 0 Å². The fourth-order valence-corrected chi connectivity index (χ4v) is 1.76. The largest absolute Gasteiger partial charge is 0.481 e. The van der Waals surface area contributed by atoms with Gasteiger partial charge in [-0.2, -0.15) is 5.26 Å². The maximum absolute atomic E-state index is 10.5. The molecular formula is C9H5BrN2O4. The molecule has 0 amide bonds. The maximum atomic E-state index is 10.5. The molecule has 1 aromatic carbocycles. The molecule has 7 heteroatoms. The van der Waals surface area contributed by atoms with Crippen LogP contribution in [0, 0.1) is 21.4 Å². The molecule has 0 aliphatic rings. The Balaban J connectivity index is 3.37. The number of hydrogen-bond acceptors (Lipinski definition) is 4. The third-order valence-corrected chi connectivity index (χ3v) is 2.45. The first-order valence-electron chi connectivity index (χ1n) is 4.04. The number of benzene rings is 1. The molecule has 1 N–H and O–H groups in total. The molecule has 1 rings (SSSR count). The van der Waals surface area contributed by atoms with Crippen LogP contribution < -0.4 is 0 Å². The number of aliphatic carboxylic acids is 1. The highest BCUT2D eigenvalue weighted by Crippen LogP contribution is 2.26. The summed E-state index contributed by atoms with van der Waals surface area (Å²) in [5.74, 6) is -1.15. The summed E-state index contributed by atoms with van der Waals surface area (Å²) < 4.78 is 0.223. The second kappa shape index (κ2) is 4.72. The normalized spacial score (nSPS) is 9.50. The summed E-state index contributed by atoms with van der Waals surface area (Å²) in [6.07, 6.45) is -0.427. The Kier molecular flexibility index (Phi) is 3.58. The standard InChI is InChI=1S/C9H5BrN2O4/c10-8-3-6(12(15)16)1-5(2-9(13)14)7(8)4-11/h1,3H,2H2,(H,13,14). The highest BCUT2D eigenvalue weighted by molar-refractivity contribution is 9.10. The number of nitriles is 1. The van der Waals surface area contributed by atoms with Crippen LogP contribution in [0.5, 0.6) is 0 Å². The molecule has 0 unspecified atom stereocenters. The van der Waals surface area contributed by atoms with Gasteiger partial charge in [-0.3, -0.25) is 14.9 Å². The number of nitro groups is 1.